The van der Waals surface area contributed by atoms with Gasteiger partial charge in [-0.3, -0.25) is 4.79 Å². The van der Waals surface area contributed by atoms with Gasteiger partial charge in [-0.05, 0) is 37.3 Å². The third kappa shape index (κ3) is 5.27. The highest BCUT2D eigenvalue weighted by atomic mass is 32.2. The quantitative estimate of drug-likeness (QED) is 0.479. The van der Waals surface area contributed by atoms with Crippen LogP contribution in [0.3, 0.4) is 0 Å². The number of alkyl halides is 3. The van der Waals surface area contributed by atoms with Crippen LogP contribution in [0.4, 0.5) is 23.2 Å². The molecule has 2 heterocycles. The zero-order valence-electron chi connectivity index (χ0n) is 17.2. The maximum absolute atomic E-state index is 13.8. The van der Waals surface area contributed by atoms with Crippen LogP contribution < -0.4 is 10.0 Å². The number of ether oxygens (including phenoxy) is 1. The van der Waals surface area contributed by atoms with Gasteiger partial charge < -0.3 is 10.1 Å². The fourth-order valence-corrected chi connectivity index (χ4v) is 5.92. The minimum Gasteiger partial charge on any atom is -0.379 e. The van der Waals surface area contributed by atoms with Gasteiger partial charge >= 0.3 is 6.18 Å². The number of nitrogens with one attached hydrogen (secondary N) is 2. The first-order valence-corrected chi connectivity index (χ1v) is 11.7. The van der Waals surface area contributed by atoms with Crippen LogP contribution in [0.2, 0.25) is 0 Å². The van der Waals surface area contributed by atoms with Gasteiger partial charge in [0, 0.05) is 23.6 Å². The van der Waals surface area contributed by atoms with Crippen LogP contribution in [0, 0.1) is 24.6 Å². The summed E-state index contributed by atoms with van der Waals surface area (Å²) in [6, 6.07) is 4.68. The van der Waals surface area contributed by atoms with Crippen molar-refractivity contribution in [3.8, 4) is 11.8 Å². The summed E-state index contributed by atoms with van der Waals surface area (Å²) in [5.74, 6) is 3.69. The molecule has 2 N–H and O–H groups in total. The lowest BCUT2D eigenvalue weighted by atomic mass is 10.0. The number of amides is 1. The Bertz CT molecular complexity index is 1250. The van der Waals surface area contributed by atoms with E-state index in [1.807, 2.05) is 0 Å². The van der Waals surface area contributed by atoms with Gasteiger partial charge in [-0.2, -0.15) is 17.9 Å². The number of rotatable bonds is 5. The van der Waals surface area contributed by atoms with Crippen molar-refractivity contribution in [1.82, 2.24) is 4.72 Å². The molecule has 6 nitrogen and oxygen atoms in total. The summed E-state index contributed by atoms with van der Waals surface area (Å²) < 4.78 is 86.0. The van der Waals surface area contributed by atoms with Crippen molar-refractivity contribution in [2.75, 3.05) is 18.5 Å². The van der Waals surface area contributed by atoms with Crippen LogP contribution in [0.15, 0.2) is 41.1 Å². The van der Waals surface area contributed by atoms with Crippen LogP contribution in [0.5, 0.6) is 0 Å². The SMILES string of the molecule is C=CC#Cc1cc(NC(=O)c2cc(S(=O)(=O)NC3(C(F)(F)F)CCOC3)sc2C)ccc1F. The zero-order chi connectivity index (χ0) is 24.4. The number of halogens is 4. The first-order chi connectivity index (χ1) is 15.4. The molecule has 12 heteroatoms. The lowest BCUT2D eigenvalue weighted by Crippen LogP contribution is -2.59. The van der Waals surface area contributed by atoms with Crippen LogP contribution in [-0.2, 0) is 14.8 Å². The lowest BCUT2D eigenvalue weighted by Gasteiger charge is -2.30. The Labute approximate surface area is 191 Å². The van der Waals surface area contributed by atoms with E-state index in [0.29, 0.717) is 11.3 Å². The molecule has 3 rings (SSSR count). The lowest BCUT2D eigenvalue weighted by molar-refractivity contribution is -0.189. The molecule has 176 valence electrons. The van der Waals surface area contributed by atoms with E-state index in [1.165, 1.54) is 25.1 Å². The molecule has 1 atom stereocenters. The number of carbonyl (C=O) groups excluding carboxylic acids is 1. The van der Waals surface area contributed by atoms with Gasteiger partial charge in [0.15, 0.2) is 5.54 Å². The molecule has 33 heavy (non-hydrogen) atoms. The molecule has 1 aliphatic heterocycles. The molecule has 1 saturated heterocycles. The second kappa shape index (κ2) is 9.26. The largest absolute Gasteiger partial charge is 0.409 e. The molecule has 1 aliphatic rings. The predicted molar refractivity (Wildman–Crippen MR) is 115 cm³/mol. The molecule has 1 unspecified atom stereocenters. The summed E-state index contributed by atoms with van der Waals surface area (Å²) >= 11 is 0.657. The van der Waals surface area contributed by atoms with Gasteiger partial charge in [-0.15, -0.1) is 11.3 Å². The van der Waals surface area contributed by atoms with Gasteiger partial charge in [0.25, 0.3) is 15.9 Å². The highest BCUT2D eigenvalue weighted by molar-refractivity contribution is 7.91. The highest BCUT2D eigenvalue weighted by Gasteiger charge is 2.59. The Morgan fingerprint density at radius 2 is 2.06 bits per heavy atom. The predicted octanol–water partition coefficient (Wildman–Crippen LogP) is 3.99. The Hall–Kier alpha value is -2.72. The van der Waals surface area contributed by atoms with Crippen LogP contribution in [0.25, 0.3) is 0 Å². The normalized spacial score (nSPS) is 18.5. The van der Waals surface area contributed by atoms with Gasteiger partial charge in [0.2, 0.25) is 0 Å². The number of benzene rings is 1. The molecule has 1 amide bonds. The van der Waals surface area contributed by atoms with E-state index in [1.54, 1.807) is 4.72 Å². The number of sulfonamides is 1. The maximum Gasteiger partial charge on any atom is 0.409 e. The average Bonchev–Trinajstić information content (AvgIpc) is 3.35. The number of hydrogen-bond acceptors (Lipinski definition) is 5. The first kappa shape index (κ1) is 24.9. The van der Waals surface area contributed by atoms with Crippen molar-refractivity contribution < 1.29 is 35.5 Å². The van der Waals surface area contributed by atoms with Crippen molar-refractivity contribution in [3.63, 3.8) is 0 Å². The van der Waals surface area contributed by atoms with Gasteiger partial charge in [-0.25, -0.2) is 12.8 Å². The van der Waals surface area contributed by atoms with E-state index in [2.05, 4.69) is 23.7 Å². The summed E-state index contributed by atoms with van der Waals surface area (Å²) in [5.41, 5.74) is -2.57. The number of anilines is 1. The highest BCUT2D eigenvalue weighted by Crippen LogP contribution is 2.39. The molecule has 2 aromatic rings. The number of allylic oxidation sites excluding steroid dienone is 1. The van der Waals surface area contributed by atoms with E-state index in [-0.39, 0.29) is 28.3 Å². The van der Waals surface area contributed by atoms with Crippen molar-refractivity contribution in [3.05, 3.63) is 58.7 Å². The fourth-order valence-electron chi connectivity index (χ4n) is 3.07. The molecule has 0 spiro atoms. The van der Waals surface area contributed by atoms with Crippen molar-refractivity contribution >= 4 is 33.0 Å². The standard InChI is InChI=1S/C21H18F4N2O4S2/c1-3-4-5-14-10-15(6-7-17(14)22)26-19(28)16-11-18(32-13(16)2)33(29,30)27-20(21(23,24)25)8-9-31-12-20/h3,6-7,10-11,27H,1,8-9,12H2,2H3,(H,26,28). The van der Waals surface area contributed by atoms with E-state index in [0.717, 1.165) is 12.1 Å². The van der Waals surface area contributed by atoms with E-state index < -0.39 is 50.7 Å². The third-order valence-corrected chi connectivity index (χ3v) is 7.89. The molecule has 0 radical (unpaired) electrons. The van der Waals surface area contributed by atoms with Crippen molar-refractivity contribution in [2.45, 2.75) is 29.3 Å². The van der Waals surface area contributed by atoms with E-state index in [9.17, 15) is 30.8 Å². The molecule has 1 aromatic carbocycles. The first-order valence-electron chi connectivity index (χ1n) is 9.41. The Morgan fingerprint density at radius 3 is 2.67 bits per heavy atom. The second-order valence-electron chi connectivity index (χ2n) is 7.15. The molecule has 0 saturated carbocycles. The van der Waals surface area contributed by atoms with Gasteiger partial charge in [0.05, 0.1) is 17.7 Å². The minimum atomic E-state index is -4.86. The summed E-state index contributed by atoms with van der Waals surface area (Å²) in [7, 11) is -4.60. The molecule has 1 fully saturated rings. The van der Waals surface area contributed by atoms with Crippen LogP contribution in [0.1, 0.15) is 27.2 Å². The van der Waals surface area contributed by atoms with Crippen LogP contribution >= 0.6 is 11.3 Å². The van der Waals surface area contributed by atoms with Crippen molar-refractivity contribution in [1.29, 1.82) is 0 Å². The number of thiophene rings is 1. The molecule has 0 bridgehead atoms. The smallest absolute Gasteiger partial charge is 0.379 e. The van der Waals surface area contributed by atoms with Gasteiger partial charge in [-0.1, -0.05) is 18.4 Å². The number of carbonyl (C=O) groups is 1. The Kier molecular flexibility index (Phi) is 6.99. The fraction of sp³-hybridized carbons (Fsp3) is 0.286. The monoisotopic (exact) mass is 502 g/mol. The summed E-state index contributed by atoms with van der Waals surface area (Å²) in [6.07, 6.45) is -4.15. The molecule has 0 aliphatic carbocycles. The third-order valence-electron chi connectivity index (χ3n) is 4.83. The Morgan fingerprint density at radius 1 is 1.33 bits per heavy atom. The number of aryl methyl sites for hydroxylation is 1. The molecule has 1 aromatic heterocycles. The summed E-state index contributed by atoms with van der Waals surface area (Å²) in [5, 5.41) is 2.50. The summed E-state index contributed by atoms with van der Waals surface area (Å²) in [4.78, 5) is 13.0. The molecular weight excluding hydrogens is 484 g/mol. The van der Waals surface area contributed by atoms with Crippen molar-refractivity contribution in [2.24, 2.45) is 0 Å². The van der Waals surface area contributed by atoms with Gasteiger partial charge in [0.1, 0.15) is 10.0 Å². The average molecular weight is 503 g/mol. The van der Waals surface area contributed by atoms with E-state index >= 15 is 0 Å². The topological polar surface area (TPSA) is 84.5 Å². The minimum absolute atomic E-state index is 0.0124. The summed E-state index contributed by atoms with van der Waals surface area (Å²) in [6.45, 7) is 3.79. The second-order valence-corrected chi connectivity index (χ2v) is 10.3. The van der Waals surface area contributed by atoms with Crippen LogP contribution in [-0.4, -0.2) is 39.3 Å². The number of hydrogen-bond donors (Lipinski definition) is 2. The Balaban J connectivity index is 1.85. The molecular formula is C21H18F4N2O4S2. The zero-order valence-corrected chi connectivity index (χ0v) is 18.8. The maximum atomic E-state index is 13.8. The van der Waals surface area contributed by atoms with E-state index in [4.69, 9.17) is 4.74 Å².